The molecule has 0 aliphatic carbocycles. The van der Waals surface area contributed by atoms with Gasteiger partial charge in [-0.15, -0.1) is 0 Å². The van der Waals surface area contributed by atoms with Gasteiger partial charge in [-0.1, -0.05) is 23.2 Å². The SMILES string of the molecule is Clc1ccc(OP=NPOc2ccc(Cl)cc2)cc1. The lowest BCUT2D eigenvalue weighted by molar-refractivity contribution is 0.626. The lowest BCUT2D eigenvalue weighted by Crippen LogP contribution is -1.75. The summed E-state index contributed by atoms with van der Waals surface area (Å²) in [5, 5.41) is 1.35. The van der Waals surface area contributed by atoms with E-state index in [1.165, 1.54) is 0 Å². The van der Waals surface area contributed by atoms with Crippen LogP contribution in [0.5, 0.6) is 11.5 Å². The molecule has 0 aromatic heterocycles. The Morgan fingerprint density at radius 3 is 1.95 bits per heavy atom. The minimum absolute atomic E-state index is 0.0257. The van der Waals surface area contributed by atoms with Gasteiger partial charge in [-0.25, -0.2) is 0 Å². The molecule has 0 aliphatic rings. The Morgan fingerprint density at radius 2 is 1.37 bits per heavy atom. The van der Waals surface area contributed by atoms with Crippen molar-refractivity contribution in [2.24, 2.45) is 4.52 Å². The molecule has 98 valence electrons. The highest BCUT2D eigenvalue weighted by Gasteiger charge is 1.94. The van der Waals surface area contributed by atoms with Crippen molar-refractivity contribution in [3.8, 4) is 11.5 Å². The van der Waals surface area contributed by atoms with E-state index in [1.807, 2.05) is 0 Å². The molecule has 0 bridgehead atoms. The van der Waals surface area contributed by atoms with E-state index in [0.29, 0.717) is 24.4 Å². The Kier molecular flexibility index (Phi) is 5.88. The summed E-state index contributed by atoms with van der Waals surface area (Å²) in [5.41, 5.74) is 0. The molecule has 0 amide bonds. The molecule has 2 aromatic rings. The zero-order valence-electron chi connectivity index (χ0n) is 9.59. The van der Waals surface area contributed by atoms with Crippen molar-refractivity contribution in [2.75, 3.05) is 0 Å². The van der Waals surface area contributed by atoms with Gasteiger partial charge in [0.2, 0.25) is 17.6 Å². The maximum atomic E-state index is 5.77. The predicted octanol–water partition coefficient (Wildman–Crippen LogP) is 6.00. The second kappa shape index (κ2) is 7.67. The molecule has 7 heteroatoms. The molecule has 3 nitrogen and oxygen atoms in total. The second-order valence-corrected chi connectivity index (χ2v) is 5.78. The molecule has 0 radical (unpaired) electrons. The van der Waals surface area contributed by atoms with Crippen LogP contribution in [0.1, 0.15) is 0 Å². The second-order valence-electron chi connectivity index (χ2n) is 3.37. The van der Waals surface area contributed by atoms with Crippen LogP contribution in [0, 0.1) is 0 Å². The first-order chi connectivity index (χ1) is 9.24. The first-order valence-electron chi connectivity index (χ1n) is 5.24. The molecule has 1 unspecified atom stereocenters. The van der Waals surface area contributed by atoms with Gasteiger partial charge < -0.3 is 9.05 Å². The summed E-state index contributed by atoms with van der Waals surface area (Å²) in [6.07, 6.45) is 0. The van der Waals surface area contributed by atoms with Gasteiger partial charge in [-0.3, -0.25) is 0 Å². The minimum atomic E-state index is -0.0257. The molecular formula is C12H9Cl2NO2P2. The van der Waals surface area contributed by atoms with Gasteiger partial charge in [0.25, 0.3) is 0 Å². The average Bonchev–Trinajstić information content (AvgIpc) is 2.43. The zero-order chi connectivity index (χ0) is 13.5. The van der Waals surface area contributed by atoms with Crippen LogP contribution in [0.2, 0.25) is 10.0 Å². The third kappa shape index (κ3) is 5.34. The highest BCUT2D eigenvalue weighted by Crippen LogP contribution is 2.27. The van der Waals surface area contributed by atoms with E-state index in [-0.39, 0.29) is 8.96 Å². The van der Waals surface area contributed by atoms with E-state index in [4.69, 9.17) is 32.2 Å². The van der Waals surface area contributed by atoms with Crippen molar-refractivity contribution in [3.63, 3.8) is 0 Å². The Balaban J connectivity index is 1.75. The standard InChI is InChI=1S/C12H9Cl2NO2P2/c13-9-1-5-11(6-2-9)16-18-15-19-17-12-7-3-10(14)4-8-12/h1-8,18H. The number of benzene rings is 2. The Morgan fingerprint density at radius 1 is 0.842 bits per heavy atom. The first kappa shape index (κ1) is 14.6. The van der Waals surface area contributed by atoms with Crippen LogP contribution in [0.25, 0.3) is 0 Å². The van der Waals surface area contributed by atoms with E-state index in [1.54, 1.807) is 48.5 Å². The number of rotatable bonds is 5. The van der Waals surface area contributed by atoms with Crippen LogP contribution in [-0.4, -0.2) is 0 Å². The van der Waals surface area contributed by atoms with Crippen LogP contribution in [-0.2, 0) is 0 Å². The van der Waals surface area contributed by atoms with Gasteiger partial charge in [0, 0.05) is 10.0 Å². The Labute approximate surface area is 124 Å². The van der Waals surface area contributed by atoms with E-state index >= 15 is 0 Å². The summed E-state index contributed by atoms with van der Waals surface area (Å²) in [6, 6.07) is 14.2. The molecule has 19 heavy (non-hydrogen) atoms. The van der Waals surface area contributed by atoms with Gasteiger partial charge >= 0.3 is 0 Å². The average molecular weight is 332 g/mol. The van der Waals surface area contributed by atoms with Crippen LogP contribution in [0.3, 0.4) is 0 Å². The molecular weight excluding hydrogens is 323 g/mol. The highest BCUT2D eigenvalue weighted by molar-refractivity contribution is 7.39. The van der Waals surface area contributed by atoms with Crippen molar-refractivity contribution < 1.29 is 9.05 Å². The lowest BCUT2D eigenvalue weighted by atomic mass is 10.3. The fraction of sp³-hybridized carbons (Fsp3) is 0. The normalized spacial score (nSPS) is 11.3. The van der Waals surface area contributed by atoms with Crippen molar-refractivity contribution in [1.29, 1.82) is 0 Å². The summed E-state index contributed by atoms with van der Waals surface area (Å²) < 4.78 is 14.9. The topological polar surface area (TPSA) is 30.8 Å². The molecule has 1 atom stereocenters. The molecule has 2 rings (SSSR count). The molecule has 0 spiro atoms. The first-order valence-corrected chi connectivity index (χ1v) is 7.62. The maximum absolute atomic E-state index is 5.77. The number of hydrogen-bond acceptors (Lipinski definition) is 3. The molecule has 0 saturated carbocycles. The van der Waals surface area contributed by atoms with Gasteiger partial charge in [-0.05, 0) is 48.5 Å². The molecule has 0 aliphatic heterocycles. The minimum Gasteiger partial charge on any atom is -0.454 e. The largest absolute Gasteiger partial charge is 0.454 e. The molecule has 0 fully saturated rings. The quantitative estimate of drug-likeness (QED) is 0.628. The van der Waals surface area contributed by atoms with Crippen molar-refractivity contribution in [3.05, 3.63) is 58.6 Å². The van der Waals surface area contributed by atoms with Gasteiger partial charge in [0.15, 0.2) is 0 Å². The van der Waals surface area contributed by atoms with Crippen LogP contribution < -0.4 is 9.05 Å². The smallest absolute Gasteiger partial charge is 0.249 e. The summed E-state index contributed by atoms with van der Waals surface area (Å²) in [6.45, 7) is 0. The van der Waals surface area contributed by atoms with Crippen molar-refractivity contribution in [1.82, 2.24) is 0 Å². The Hall–Kier alpha value is -0.850. The lowest BCUT2D eigenvalue weighted by Gasteiger charge is -2.01. The van der Waals surface area contributed by atoms with Crippen LogP contribution in [0.4, 0.5) is 0 Å². The number of halogens is 2. The number of hydrogen-bond donors (Lipinski definition) is 0. The monoisotopic (exact) mass is 331 g/mol. The predicted molar refractivity (Wildman–Crippen MR) is 81.8 cm³/mol. The summed E-state index contributed by atoms with van der Waals surface area (Å²) >= 11 is 11.5. The molecule has 2 aromatic carbocycles. The van der Waals surface area contributed by atoms with E-state index in [0.717, 1.165) is 5.75 Å². The van der Waals surface area contributed by atoms with E-state index in [2.05, 4.69) is 4.52 Å². The third-order valence-corrected chi connectivity index (χ3v) is 3.80. The van der Waals surface area contributed by atoms with Gasteiger partial charge in [-0.2, -0.15) is 4.52 Å². The van der Waals surface area contributed by atoms with E-state index in [9.17, 15) is 0 Å². The molecule has 0 N–H and O–H groups in total. The highest BCUT2D eigenvalue weighted by atomic mass is 35.5. The van der Waals surface area contributed by atoms with Crippen LogP contribution in [0.15, 0.2) is 53.0 Å². The molecule has 0 heterocycles. The maximum Gasteiger partial charge on any atom is 0.249 e. The fourth-order valence-corrected chi connectivity index (χ4v) is 2.32. The van der Waals surface area contributed by atoms with Crippen LogP contribution >= 0.6 is 40.8 Å². The summed E-state index contributed by atoms with van der Waals surface area (Å²) in [7, 11) is 0.463. The van der Waals surface area contributed by atoms with Crippen molar-refractivity contribution in [2.45, 2.75) is 0 Å². The van der Waals surface area contributed by atoms with E-state index < -0.39 is 0 Å². The van der Waals surface area contributed by atoms with Crippen molar-refractivity contribution >= 4 is 40.8 Å². The summed E-state index contributed by atoms with van der Waals surface area (Å²) in [4.78, 5) is 0. The Bertz CT molecular complexity index is 547. The fourth-order valence-electron chi connectivity index (χ4n) is 1.16. The number of nitrogens with zero attached hydrogens (tertiary/aromatic N) is 1. The molecule has 0 saturated heterocycles. The van der Waals surface area contributed by atoms with Gasteiger partial charge in [0.05, 0.1) is 0 Å². The third-order valence-electron chi connectivity index (χ3n) is 2.02. The van der Waals surface area contributed by atoms with Gasteiger partial charge in [0.1, 0.15) is 11.5 Å². The zero-order valence-corrected chi connectivity index (χ0v) is 13.0. The summed E-state index contributed by atoms with van der Waals surface area (Å²) in [5.74, 6) is 1.44.